The summed E-state index contributed by atoms with van der Waals surface area (Å²) in [5.41, 5.74) is 1.47. The van der Waals surface area contributed by atoms with E-state index in [9.17, 15) is 14.7 Å². The van der Waals surface area contributed by atoms with Crippen LogP contribution in [-0.4, -0.2) is 92.5 Å². The van der Waals surface area contributed by atoms with Crippen molar-refractivity contribution in [3.63, 3.8) is 0 Å². The highest BCUT2D eigenvalue weighted by molar-refractivity contribution is 6.42. The number of rotatable bonds is 12. The van der Waals surface area contributed by atoms with Crippen molar-refractivity contribution in [2.45, 2.75) is 31.9 Å². The molecule has 1 saturated heterocycles. The van der Waals surface area contributed by atoms with Gasteiger partial charge in [0.15, 0.2) is 0 Å². The topological polar surface area (TPSA) is 91.3 Å². The summed E-state index contributed by atoms with van der Waals surface area (Å²) in [6.07, 6.45) is 6.52. The van der Waals surface area contributed by atoms with Gasteiger partial charge < -0.3 is 24.8 Å². The van der Waals surface area contributed by atoms with E-state index < -0.39 is 0 Å². The van der Waals surface area contributed by atoms with Crippen molar-refractivity contribution < 1.29 is 24.2 Å². The van der Waals surface area contributed by atoms with Gasteiger partial charge in [0.1, 0.15) is 6.61 Å². The summed E-state index contributed by atoms with van der Waals surface area (Å²) in [5, 5.41) is 13.8. The van der Waals surface area contributed by atoms with Crippen LogP contribution in [0.2, 0.25) is 10.0 Å². The Morgan fingerprint density at radius 1 is 1.27 bits per heavy atom. The number of methoxy groups -OCH3 is 1. The Labute approximate surface area is 229 Å². The van der Waals surface area contributed by atoms with Gasteiger partial charge in [-0.2, -0.15) is 0 Å². The molecule has 1 aromatic carbocycles. The normalized spacial score (nSPS) is 22.5. The lowest BCUT2D eigenvalue weighted by Crippen LogP contribution is -2.50. The maximum atomic E-state index is 13.4. The molecule has 0 radical (unpaired) electrons. The van der Waals surface area contributed by atoms with Crippen LogP contribution in [0.5, 0.6) is 0 Å². The van der Waals surface area contributed by atoms with E-state index in [2.05, 4.69) is 23.2 Å². The fraction of sp³-hybridized carbons (Fsp3) is 0.556. The molecule has 0 saturated carbocycles. The second-order valence-corrected chi connectivity index (χ2v) is 10.5. The molecule has 1 fully saturated rings. The summed E-state index contributed by atoms with van der Waals surface area (Å²) in [5.74, 6) is -0.203. The Kier molecular flexibility index (Phi) is 11.4. The number of halogens is 2. The quantitative estimate of drug-likeness (QED) is 0.387. The van der Waals surface area contributed by atoms with Gasteiger partial charge in [-0.05, 0) is 36.1 Å². The van der Waals surface area contributed by atoms with E-state index in [0.717, 1.165) is 12.1 Å². The number of carbonyl (C=O) groups excluding carboxylic acids is 2. The molecule has 2 aliphatic rings. The van der Waals surface area contributed by atoms with Gasteiger partial charge in [0.2, 0.25) is 11.8 Å². The maximum absolute atomic E-state index is 13.4. The third-order valence-corrected chi connectivity index (χ3v) is 7.61. The van der Waals surface area contributed by atoms with Crippen LogP contribution in [0.1, 0.15) is 18.9 Å². The van der Waals surface area contributed by atoms with Crippen molar-refractivity contribution in [1.29, 1.82) is 0 Å². The van der Waals surface area contributed by atoms with E-state index in [1.165, 1.54) is 0 Å². The fourth-order valence-corrected chi connectivity index (χ4v) is 5.05. The molecule has 8 nitrogen and oxygen atoms in total. The number of benzene rings is 1. The number of aliphatic hydroxyl groups is 1. The Balaban J connectivity index is 1.75. The first kappa shape index (κ1) is 29.6. The molecular weight excluding hydrogens is 517 g/mol. The minimum Gasteiger partial charge on any atom is -0.392 e. The smallest absolute Gasteiger partial charge is 0.250 e. The minimum atomic E-state index is -0.356. The first-order chi connectivity index (χ1) is 17.7. The molecule has 1 aromatic rings. The first-order valence-electron chi connectivity index (χ1n) is 12.5. The van der Waals surface area contributed by atoms with Crippen LogP contribution in [0.3, 0.4) is 0 Å². The number of ether oxygens (including phenoxy) is 2. The Morgan fingerprint density at radius 2 is 2.05 bits per heavy atom. The molecule has 0 spiro atoms. The molecule has 3 rings (SSSR count). The minimum absolute atomic E-state index is 0.0459. The Bertz CT molecular complexity index is 1000. The van der Waals surface area contributed by atoms with Gasteiger partial charge in [-0.1, -0.05) is 48.3 Å². The van der Waals surface area contributed by atoms with Gasteiger partial charge in [-0.25, -0.2) is 0 Å². The van der Waals surface area contributed by atoms with E-state index in [4.69, 9.17) is 32.7 Å². The molecule has 204 valence electrons. The lowest BCUT2D eigenvalue weighted by atomic mass is 9.82. The standard InChI is InChI=1S/C27H37Cl2N3O5/c1-18-4-6-20(30-26(34)17-37-11-10-36-3)14-22(18)25(16-32-9-8-21(33)15-32)31(2)27(35)13-19-5-7-23(28)24(29)12-19/h4-7,12,14,18,21-22,25,33H,8-11,13,15-17H2,1-3H3,(H,30,34). The van der Waals surface area contributed by atoms with Crippen LogP contribution in [0, 0.1) is 11.8 Å². The average molecular weight is 555 g/mol. The number of hydrogen-bond acceptors (Lipinski definition) is 6. The van der Waals surface area contributed by atoms with Gasteiger partial charge >= 0.3 is 0 Å². The van der Waals surface area contributed by atoms with E-state index in [0.29, 0.717) is 48.5 Å². The number of likely N-dealkylation sites (tertiary alicyclic amines) is 1. The summed E-state index contributed by atoms with van der Waals surface area (Å²) in [7, 11) is 3.39. The molecule has 1 aliphatic carbocycles. The summed E-state index contributed by atoms with van der Waals surface area (Å²) >= 11 is 12.2. The fourth-order valence-electron chi connectivity index (χ4n) is 4.73. The molecule has 4 atom stereocenters. The van der Waals surface area contributed by atoms with Crippen LogP contribution >= 0.6 is 23.2 Å². The summed E-state index contributed by atoms with van der Waals surface area (Å²) in [6, 6.07) is 5.04. The highest BCUT2D eigenvalue weighted by Gasteiger charge is 2.35. The second-order valence-electron chi connectivity index (χ2n) is 9.71. The van der Waals surface area contributed by atoms with Gasteiger partial charge in [-0.15, -0.1) is 0 Å². The van der Waals surface area contributed by atoms with Crippen LogP contribution in [0.25, 0.3) is 0 Å². The van der Waals surface area contributed by atoms with E-state index >= 15 is 0 Å². The predicted octanol–water partition coefficient (Wildman–Crippen LogP) is 2.91. The Morgan fingerprint density at radius 3 is 2.73 bits per heavy atom. The third-order valence-electron chi connectivity index (χ3n) is 6.87. The zero-order valence-corrected chi connectivity index (χ0v) is 23.2. The third kappa shape index (κ3) is 8.80. The van der Waals surface area contributed by atoms with Crippen LogP contribution in [-0.2, 0) is 25.5 Å². The molecule has 37 heavy (non-hydrogen) atoms. The number of nitrogens with one attached hydrogen (secondary N) is 1. The van der Waals surface area contributed by atoms with E-state index in [1.54, 1.807) is 30.2 Å². The number of amides is 2. The second kappa shape index (κ2) is 14.3. The Hall–Kier alpha value is -1.94. The number of likely N-dealkylation sites (N-methyl/N-ethyl adjacent to an activating group) is 1. The lowest BCUT2D eigenvalue weighted by Gasteiger charge is -2.39. The zero-order valence-electron chi connectivity index (χ0n) is 21.7. The molecule has 1 aliphatic heterocycles. The number of hydrogen-bond donors (Lipinski definition) is 2. The SMILES string of the molecule is COCCOCC(=O)NC1=CC(C(CN2CCC(O)C2)N(C)C(=O)Cc2ccc(Cl)c(Cl)c2)C(C)C=C1. The molecule has 1 heterocycles. The number of aliphatic hydroxyl groups excluding tert-OH is 1. The molecule has 2 amide bonds. The van der Waals surface area contributed by atoms with Crippen molar-refractivity contribution >= 4 is 35.0 Å². The number of β-amino-alcohol motifs (C(OH)–C–C–N with tert-alkyl or cyclic N) is 1. The van der Waals surface area contributed by atoms with Gasteiger partial charge in [-0.3, -0.25) is 14.5 Å². The van der Waals surface area contributed by atoms with Gasteiger partial charge in [0, 0.05) is 45.4 Å². The highest BCUT2D eigenvalue weighted by atomic mass is 35.5. The van der Waals surface area contributed by atoms with Gasteiger partial charge in [0.05, 0.1) is 41.8 Å². The number of nitrogens with zero attached hydrogens (tertiary/aromatic N) is 2. The highest BCUT2D eigenvalue weighted by Crippen LogP contribution is 2.30. The zero-order chi connectivity index (χ0) is 26.9. The first-order valence-corrected chi connectivity index (χ1v) is 13.3. The maximum Gasteiger partial charge on any atom is 0.250 e. The van der Waals surface area contributed by atoms with Crippen molar-refractivity contribution in [3.05, 3.63) is 57.7 Å². The van der Waals surface area contributed by atoms with Crippen LogP contribution in [0.4, 0.5) is 0 Å². The van der Waals surface area contributed by atoms with Crippen molar-refractivity contribution in [2.75, 3.05) is 53.6 Å². The lowest BCUT2D eigenvalue weighted by molar-refractivity contribution is -0.132. The van der Waals surface area contributed by atoms with Crippen molar-refractivity contribution in [3.8, 4) is 0 Å². The van der Waals surface area contributed by atoms with Crippen molar-refractivity contribution in [2.24, 2.45) is 11.8 Å². The van der Waals surface area contributed by atoms with E-state index in [1.807, 2.05) is 19.2 Å². The molecule has 10 heteroatoms. The average Bonchev–Trinajstić information content (AvgIpc) is 3.28. The number of carbonyl (C=O) groups is 2. The van der Waals surface area contributed by atoms with E-state index in [-0.39, 0.29) is 48.8 Å². The number of allylic oxidation sites excluding steroid dienone is 2. The monoisotopic (exact) mass is 553 g/mol. The summed E-state index contributed by atoms with van der Waals surface area (Å²) in [4.78, 5) is 29.8. The molecule has 2 N–H and O–H groups in total. The van der Waals surface area contributed by atoms with Gasteiger partial charge in [0.25, 0.3) is 0 Å². The molecule has 0 aromatic heterocycles. The molecular formula is C27H37Cl2N3O5. The molecule has 0 bridgehead atoms. The predicted molar refractivity (Wildman–Crippen MR) is 145 cm³/mol. The van der Waals surface area contributed by atoms with Crippen LogP contribution < -0.4 is 5.32 Å². The molecule has 4 unspecified atom stereocenters. The largest absolute Gasteiger partial charge is 0.392 e. The van der Waals surface area contributed by atoms with Crippen LogP contribution in [0.15, 0.2) is 42.1 Å². The summed E-state index contributed by atoms with van der Waals surface area (Å²) < 4.78 is 10.3. The summed E-state index contributed by atoms with van der Waals surface area (Å²) in [6.45, 7) is 4.77. The van der Waals surface area contributed by atoms with Crippen molar-refractivity contribution in [1.82, 2.24) is 15.1 Å².